The number of rotatable bonds is 4. The van der Waals surface area contributed by atoms with Gasteiger partial charge in [0.2, 0.25) is 5.89 Å². The molecule has 1 saturated heterocycles. The van der Waals surface area contributed by atoms with Crippen LogP contribution in [-0.2, 0) is 11.2 Å². The lowest BCUT2D eigenvalue weighted by Crippen LogP contribution is -2.39. The van der Waals surface area contributed by atoms with Gasteiger partial charge in [0.1, 0.15) is 17.4 Å². The Bertz CT molecular complexity index is 899. The smallest absolute Gasteiger partial charge is 0.225 e. The molecule has 0 amide bonds. The molecule has 1 aliphatic rings. The molecular formula is C19H19ClN4O2. The number of oxazole rings is 1. The Labute approximate surface area is 156 Å². The van der Waals surface area contributed by atoms with Gasteiger partial charge in [-0.15, -0.1) is 0 Å². The van der Waals surface area contributed by atoms with Crippen molar-refractivity contribution in [2.24, 2.45) is 0 Å². The van der Waals surface area contributed by atoms with Crippen molar-refractivity contribution in [2.45, 2.75) is 19.4 Å². The van der Waals surface area contributed by atoms with E-state index in [2.05, 4.69) is 19.9 Å². The van der Waals surface area contributed by atoms with E-state index in [9.17, 15) is 0 Å². The number of aryl methyl sites for hydroxylation is 1. The van der Waals surface area contributed by atoms with Crippen molar-refractivity contribution in [3.8, 4) is 0 Å². The molecule has 3 aromatic rings. The minimum Gasteiger partial charge on any atom is -0.442 e. The van der Waals surface area contributed by atoms with Crippen LogP contribution in [0.3, 0.4) is 0 Å². The van der Waals surface area contributed by atoms with Crippen LogP contribution in [0.1, 0.15) is 29.1 Å². The molecule has 134 valence electrons. The zero-order chi connectivity index (χ0) is 17.9. The van der Waals surface area contributed by atoms with Gasteiger partial charge >= 0.3 is 0 Å². The maximum Gasteiger partial charge on any atom is 0.225 e. The molecule has 0 bridgehead atoms. The van der Waals surface area contributed by atoms with E-state index in [4.69, 9.17) is 20.8 Å². The minimum absolute atomic E-state index is 0.223. The summed E-state index contributed by atoms with van der Waals surface area (Å²) in [4.78, 5) is 15.2. The molecular weight excluding hydrogens is 352 g/mol. The van der Waals surface area contributed by atoms with Crippen molar-refractivity contribution in [1.29, 1.82) is 0 Å². The Morgan fingerprint density at radius 1 is 1.23 bits per heavy atom. The molecule has 6 nitrogen and oxygen atoms in total. The molecule has 0 N–H and O–H groups in total. The third-order valence-corrected chi connectivity index (χ3v) is 4.69. The molecule has 2 aromatic heterocycles. The molecule has 3 heterocycles. The fraction of sp³-hybridized carbons (Fsp3) is 0.316. The van der Waals surface area contributed by atoms with Crippen molar-refractivity contribution in [3.05, 3.63) is 70.8 Å². The fourth-order valence-corrected chi connectivity index (χ4v) is 3.21. The number of nitrogens with zero attached hydrogens (tertiary/aromatic N) is 4. The van der Waals surface area contributed by atoms with E-state index in [1.807, 2.05) is 37.3 Å². The lowest BCUT2D eigenvalue weighted by atomic mass is 10.1. The van der Waals surface area contributed by atoms with Gasteiger partial charge in [-0.25, -0.2) is 15.0 Å². The average molecular weight is 371 g/mol. The molecule has 0 spiro atoms. The van der Waals surface area contributed by atoms with Crippen LogP contribution in [0, 0.1) is 6.92 Å². The SMILES string of the molecule is Cc1nccc(N2CCO[C@@H](c3ncc(Cc4ccccc4Cl)o3)C2)n1. The highest BCUT2D eigenvalue weighted by Crippen LogP contribution is 2.26. The Kier molecular flexibility index (Phi) is 4.86. The second-order valence-corrected chi connectivity index (χ2v) is 6.61. The van der Waals surface area contributed by atoms with E-state index < -0.39 is 0 Å². The Morgan fingerprint density at radius 3 is 2.96 bits per heavy atom. The van der Waals surface area contributed by atoms with Crippen LogP contribution >= 0.6 is 11.6 Å². The van der Waals surface area contributed by atoms with E-state index in [0.717, 1.165) is 34.5 Å². The van der Waals surface area contributed by atoms with E-state index in [1.54, 1.807) is 12.4 Å². The third-order valence-electron chi connectivity index (χ3n) is 4.32. The van der Waals surface area contributed by atoms with Crippen LogP contribution in [0.2, 0.25) is 5.02 Å². The van der Waals surface area contributed by atoms with Gasteiger partial charge < -0.3 is 14.1 Å². The van der Waals surface area contributed by atoms with Crippen LogP contribution in [0.5, 0.6) is 0 Å². The van der Waals surface area contributed by atoms with E-state index in [-0.39, 0.29) is 6.10 Å². The molecule has 0 radical (unpaired) electrons. The Hall–Kier alpha value is -2.44. The highest BCUT2D eigenvalue weighted by atomic mass is 35.5. The fourth-order valence-electron chi connectivity index (χ4n) is 3.01. The summed E-state index contributed by atoms with van der Waals surface area (Å²) in [6, 6.07) is 9.65. The van der Waals surface area contributed by atoms with E-state index in [1.165, 1.54) is 0 Å². The second-order valence-electron chi connectivity index (χ2n) is 6.20. The number of hydrogen-bond acceptors (Lipinski definition) is 6. The summed E-state index contributed by atoms with van der Waals surface area (Å²) in [5.41, 5.74) is 1.01. The van der Waals surface area contributed by atoms with Gasteiger partial charge in [-0.3, -0.25) is 0 Å². The predicted molar refractivity (Wildman–Crippen MR) is 98.4 cm³/mol. The molecule has 1 aromatic carbocycles. The summed E-state index contributed by atoms with van der Waals surface area (Å²) in [6.07, 6.45) is 3.90. The van der Waals surface area contributed by atoms with Crippen LogP contribution in [0.4, 0.5) is 5.82 Å². The summed E-state index contributed by atoms with van der Waals surface area (Å²) in [5, 5.41) is 0.727. The van der Waals surface area contributed by atoms with Crippen molar-refractivity contribution in [3.63, 3.8) is 0 Å². The summed E-state index contributed by atoms with van der Waals surface area (Å²) >= 11 is 6.22. The molecule has 1 atom stereocenters. The van der Waals surface area contributed by atoms with Gasteiger partial charge in [0, 0.05) is 24.2 Å². The lowest BCUT2D eigenvalue weighted by Gasteiger charge is -2.32. The van der Waals surface area contributed by atoms with Gasteiger partial charge in [-0.05, 0) is 24.6 Å². The first kappa shape index (κ1) is 17.0. The van der Waals surface area contributed by atoms with E-state index in [0.29, 0.717) is 25.5 Å². The normalized spacial score (nSPS) is 17.5. The number of hydrogen-bond donors (Lipinski definition) is 0. The van der Waals surface area contributed by atoms with Gasteiger partial charge in [-0.1, -0.05) is 29.8 Å². The van der Waals surface area contributed by atoms with Crippen LogP contribution in [0.25, 0.3) is 0 Å². The topological polar surface area (TPSA) is 64.3 Å². The van der Waals surface area contributed by atoms with Crippen molar-refractivity contribution >= 4 is 17.4 Å². The Morgan fingerprint density at radius 2 is 2.12 bits per heavy atom. The molecule has 0 aliphatic carbocycles. The molecule has 4 rings (SSSR count). The zero-order valence-electron chi connectivity index (χ0n) is 14.4. The summed E-state index contributed by atoms with van der Waals surface area (Å²) < 4.78 is 11.8. The number of morpholine rings is 1. The van der Waals surface area contributed by atoms with Crippen LogP contribution < -0.4 is 4.90 Å². The number of halogens is 1. The quantitative estimate of drug-likeness (QED) is 0.699. The molecule has 7 heteroatoms. The van der Waals surface area contributed by atoms with Gasteiger partial charge in [0.25, 0.3) is 0 Å². The average Bonchev–Trinajstić information content (AvgIpc) is 3.12. The summed E-state index contributed by atoms with van der Waals surface area (Å²) in [5.74, 6) is 3.01. The summed E-state index contributed by atoms with van der Waals surface area (Å²) in [6.45, 7) is 3.90. The van der Waals surface area contributed by atoms with Crippen LogP contribution in [0.15, 0.2) is 47.1 Å². The van der Waals surface area contributed by atoms with Crippen LogP contribution in [-0.4, -0.2) is 34.6 Å². The largest absolute Gasteiger partial charge is 0.442 e. The first-order valence-electron chi connectivity index (χ1n) is 8.53. The molecule has 26 heavy (non-hydrogen) atoms. The first-order chi connectivity index (χ1) is 12.7. The van der Waals surface area contributed by atoms with Gasteiger partial charge in [0.15, 0.2) is 6.10 Å². The predicted octanol–water partition coefficient (Wildman–Crippen LogP) is 3.60. The van der Waals surface area contributed by atoms with Crippen molar-refractivity contribution in [1.82, 2.24) is 15.0 Å². The molecule has 0 saturated carbocycles. The van der Waals surface area contributed by atoms with Gasteiger partial charge in [-0.2, -0.15) is 0 Å². The number of benzene rings is 1. The highest BCUT2D eigenvalue weighted by Gasteiger charge is 2.27. The highest BCUT2D eigenvalue weighted by molar-refractivity contribution is 6.31. The molecule has 0 unspecified atom stereocenters. The van der Waals surface area contributed by atoms with E-state index >= 15 is 0 Å². The standard InChI is InChI=1S/C19H19ClN4O2/c1-13-21-7-6-18(23-13)24-8-9-25-17(12-24)19-22-11-15(26-19)10-14-4-2-3-5-16(14)20/h2-7,11,17H,8-10,12H2,1H3/t17-/m1/s1. The summed E-state index contributed by atoms with van der Waals surface area (Å²) in [7, 11) is 0. The Balaban J connectivity index is 1.48. The van der Waals surface area contributed by atoms with Crippen molar-refractivity contribution < 1.29 is 9.15 Å². The number of ether oxygens (including phenoxy) is 1. The van der Waals surface area contributed by atoms with Crippen molar-refractivity contribution in [2.75, 3.05) is 24.6 Å². The lowest BCUT2D eigenvalue weighted by molar-refractivity contribution is 0.0214. The monoisotopic (exact) mass is 370 g/mol. The minimum atomic E-state index is -0.223. The third kappa shape index (κ3) is 3.71. The zero-order valence-corrected chi connectivity index (χ0v) is 15.2. The first-order valence-corrected chi connectivity index (χ1v) is 8.91. The van der Waals surface area contributed by atoms with Gasteiger partial charge in [0.05, 0.1) is 19.3 Å². The molecule has 1 aliphatic heterocycles. The number of anilines is 1. The second kappa shape index (κ2) is 7.43. The number of aromatic nitrogens is 3. The maximum atomic E-state index is 6.22. The molecule has 1 fully saturated rings. The maximum absolute atomic E-state index is 6.22.